The molecule has 6 nitrogen and oxygen atoms in total. The van der Waals surface area contributed by atoms with Gasteiger partial charge in [-0.3, -0.25) is 14.9 Å². The molecule has 1 heterocycles. The Kier molecular flexibility index (Phi) is 5.87. The number of aromatic hydroxyl groups is 1. The van der Waals surface area contributed by atoms with Crippen molar-refractivity contribution in [2.45, 2.75) is 6.42 Å². The van der Waals surface area contributed by atoms with E-state index in [4.69, 9.17) is 0 Å². The fourth-order valence-corrected chi connectivity index (χ4v) is 3.74. The summed E-state index contributed by atoms with van der Waals surface area (Å²) in [6.45, 7) is 0. The lowest BCUT2D eigenvalue weighted by Crippen LogP contribution is -2.54. The number of carbonyl (C=O) groups is 3. The standard InChI is InChI=1S/C24H16BrFN2O4/c25-17-6-5-14(11-15-3-1-2-4-21(15)26)16(12-17)13-20-22(30)27-24(32)28(23(20)31)18-7-9-19(29)10-8-18/h1-10,12-13,29H,11H2,(H,27,30,32)/b20-13+. The highest BCUT2D eigenvalue weighted by molar-refractivity contribution is 9.10. The topological polar surface area (TPSA) is 86.7 Å². The number of urea groups is 1. The Labute approximate surface area is 191 Å². The molecule has 0 saturated carbocycles. The van der Waals surface area contributed by atoms with Gasteiger partial charge in [0.1, 0.15) is 17.1 Å². The molecule has 4 amide bonds. The highest BCUT2D eigenvalue weighted by Crippen LogP contribution is 2.27. The number of rotatable bonds is 4. The average Bonchev–Trinajstić information content (AvgIpc) is 2.75. The second kappa shape index (κ2) is 8.76. The van der Waals surface area contributed by atoms with Crippen molar-refractivity contribution < 1.29 is 23.9 Å². The molecule has 1 aliphatic heterocycles. The molecule has 3 aromatic carbocycles. The first-order valence-corrected chi connectivity index (χ1v) is 10.3. The number of anilines is 1. The van der Waals surface area contributed by atoms with Crippen LogP contribution in [0.25, 0.3) is 6.08 Å². The van der Waals surface area contributed by atoms with Crippen LogP contribution in [0.3, 0.4) is 0 Å². The minimum Gasteiger partial charge on any atom is -0.508 e. The van der Waals surface area contributed by atoms with Crippen LogP contribution in [0.15, 0.2) is 76.8 Å². The largest absolute Gasteiger partial charge is 0.508 e. The highest BCUT2D eigenvalue weighted by Gasteiger charge is 2.36. The molecule has 0 unspecified atom stereocenters. The highest BCUT2D eigenvalue weighted by atomic mass is 79.9. The number of barbiturate groups is 1. The van der Waals surface area contributed by atoms with Crippen LogP contribution in [0.2, 0.25) is 0 Å². The Hall–Kier alpha value is -3.78. The molecular formula is C24H16BrFN2O4. The van der Waals surface area contributed by atoms with Crippen LogP contribution in [0, 0.1) is 5.82 Å². The molecule has 3 aromatic rings. The van der Waals surface area contributed by atoms with Gasteiger partial charge in [0.2, 0.25) is 0 Å². The van der Waals surface area contributed by atoms with Gasteiger partial charge < -0.3 is 5.11 Å². The smallest absolute Gasteiger partial charge is 0.335 e. The summed E-state index contributed by atoms with van der Waals surface area (Å²) < 4.78 is 14.9. The third kappa shape index (κ3) is 4.31. The van der Waals surface area contributed by atoms with Gasteiger partial charge in [-0.2, -0.15) is 0 Å². The molecule has 0 radical (unpaired) electrons. The Bertz CT molecular complexity index is 1270. The molecule has 1 fully saturated rings. The zero-order valence-corrected chi connectivity index (χ0v) is 18.1. The molecule has 0 atom stereocenters. The minimum absolute atomic E-state index is 0.0302. The molecule has 160 valence electrons. The molecule has 0 bridgehead atoms. The SMILES string of the molecule is O=C1NC(=O)N(c2ccc(O)cc2)C(=O)/C1=C/c1cc(Br)ccc1Cc1ccccc1F. The van der Waals surface area contributed by atoms with Crippen molar-refractivity contribution in [1.29, 1.82) is 0 Å². The number of imide groups is 2. The molecule has 4 rings (SSSR count). The monoisotopic (exact) mass is 494 g/mol. The number of carbonyl (C=O) groups excluding carboxylic acids is 3. The Balaban J connectivity index is 1.75. The summed E-state index contributed by atoms with van der Waals surface area (Å²) in [5, 5.41) is 11.6. The van der Waals surface area contributed by atoms with Crippen LogP contribution in [0.4, 0.5) is 14.9 Å². The Morgan fingerprint density at radius 1 is 0.969 bits per heavy atom. The lowest BCUT2D eigenvalue weighted by molar-refractivity contribution is -0.122. The van der Waals surface area contributed by atoms with Crippen molar-refractivity contribution in [3.8, 4) is 5.75 Å². The van der Waals surface area contributed by atoms with Gasteiger partial charge in [-0.05, 0) is 65.2 Å². The normalized spacial score (nSPS) is 15.2. The lowest BCUT2D eigenvalue weighted by Gasteiger charge is -2.26. The molecule has 8 heteroatoms. The molecule has 2 N–H and O–H groups in total. The second-order valence-corrected chi connectivity index (χ2v) is 8.00. The van der Waals surface area contributed by atoms with Crippen molar-refractivity contribution in [2.24, 2.45) is 0 Å². The second-order valence-electron chi connectivity index (χ2n) is 7.09. The third-order valence-corrected chi connectivity index (χ3v) is 5.45. The number of nitrogens with one attached hydrogen (secondary N) is 1. The van der Waals surface area contributed by atoms with Crippen molar-refractivity contribution >= 4 is 45.5 Å². The maximum atomic E-state index is 14.2. The molecule has 1 saturated heterocycles. The van der Waals surface area contributed by atoms with E-state index in [0.29, 0.717) is 21.2 Å². The molecule has 0 aromatic heterocycles. The van der Waals surface area contributed by atoms with Gasteiger partial charge in [0.25, 0.3) is 11.8 Å². The van der Waals surface area contributed by atoms with Crippen LogP contribution >= 0.6 is 15.9 Å². The van der Waals surface area contributed by atoms with E-state index in [9.17, 15) is 23.9 Å². The number of nitrogens with zero attached hydrogens (tertiary/aromatic N) is 1. The van der Waals surface area contributed by atoms with Crippen LogP contribution in [-0.4, -0.2) is 23.0 Å². The van der Waals surface area contributed by atoms with Crippen LogP contribution in [-0.2, 0) is 16.0 Å². The summed E-state index contributed by atoms with van der Waals surface area (Å²) in [6.07, 6.45) is 1.63. The summed E-state index contributed by atoms with van der Waals surface area (Å²) in [6, 6.07) is 16.2. The van der Waals surface area contributed by atoms with Gasteiger partial charge >= 0.3 is 6.03 Å². The number of phenolic OH excluding ortho intramolecular Hbond substituents is 1. The number of hydrogen-bond acceptors (Lipinski definition) is 4. The summed E-state index contributed by atoms with van der Waals surface area (Å²) in [5.41, 5.74) is 1.64. The van der Waals surface area contributed by atoms with Crippen LogP contribution in [0.5, 0.6) is 5.75 Å². The third-order valence-electron chi connectivity index (χ3n) is 4.96. The summed E-state index contributed by atoms with van der Waals surface area (Å²) in [5.74, 6) is -2.02. The molecule has 0 aliphatic carbocycles. The lowest BCUT2D eigenvalue weighted by atomic mass is 9.97. The predicted octanol–water partition coefficient (Wildman–Crippen LogP) is 4.55. The zero-order valence-electron chi connectivity index (χ0n) is 16.5. The van der Waals surface area contributed by atoms with Crippen LogP contribution in [0.1, 0.15) is 16.7 Å². The Morgan fingerprint density at radius 2 is 1.69 bits per heavy atom. The van der Waals surface area contributed by atoms with E-state index in [0.717, 1.165) is 4.90 Å². The van der Waals surface area contributed by atoms with Gasteiger partial charge in [0.05, 0.1) is 5.69 Å². The summed E-state index contributed by atoms with van der Waals surface area (Å²) in [7, 11) is 0. The van der Waals surface area contributed by atoms with E-state index >= 15 is 0 Å². The quantitative estimate of drug-likeness (QED) is 0.411. The number of benzene rings is 3. The van der Waals surface area contributed by atoms with Gasteiger partial charge in [-0.1, -0.05) is 40.2 Å². The molecular weight excluding hydrogens is 479 g/mol. The van der Waals surface area contributed by atoms with Crippen molar-refractivity contribution in [3.05, 3.63) is 99.3 Å². The average molecular weight is 495 g/mol. The number of halogens is 2. The summed E-state index contributed by atoms with van der Waals surface area (Å²) in [4.78, 5) is 38.7. The number of amides is 4. The zero-order chi connectivity index (χ0) is 22.8. The first-order chi connectivity index (χ1) is 15.3. The number of hydrogen-bond donors (Lipinski definition) is 2. The number of phenols is 1. The van der Waals surface area contributed by atoms with E-state index < -0.39 is 17.8 Å². The maximum Gasteiger partial charge on any atom is 0.335 e. The van der Waals surface area contributed by atoms with Gasteiger partial charge in [0.15, 0.2) is 0 Å². The van der Waals surface area contributed by atoms with Gasteiger partial charge in [0, 0.05) is 10.9 Å². The fraction of sp³-hybridized carbons (Fsp3) is 0.0417. The first kappa shape index (κ1) is 21.5. The van der Waals surface area contributed by atoms with E-state index in [-0.39, 0.29) is 29.2 Å². The van der Waals surface area contributed by atoms with Crippen molar-refractivity contribution in [3.63, 3.8) is 0 Å². The molecule has 0 spiro atoms. The van der Waals surface area contributed by atoms with E-state index in [1.54, 1.807) is 36.4 Å². The van der Waals surface area contributed by atoms with Crippen molar-refractivity contribution in [1.82, 2.24) is 5.32 Å². The van der Waals surface area contributed by atoms with Gasteiger partial charge in [-0.25, -0.2) is 14.1 Å². The predicted molar refractivity (Wildman–Crippen MR) is 120 cm³/mol. The first-order valence-electron chi connectivity index (χ1n) is 9.56. The Morgan fingerprint density at radius 3 is 2.41 bits per heavy atom. The summed E-state index contributed by atoms with van der Waals surface area (Å²) >= 11 is 3.38. The van der Waals surface area contributed by atoms with E-state index in [2.05, 4.69) is 21.2 Å². The molecule has 1 aliphatic rings. The van der Waals surface area contributed by atoms with Crippen molar-refractivity contribution in [2.75, 3.05) is 4.90 Å². The molecule has 32 heavy (non-hydrogen) atoms. The van der Waals surface area contributed by atoms with Gasteiger partial charge in [-0.15, -0.1) is 0 Å². The van der Waals surface area contributed by atoms with Crippen LogP contribution < -0.4 is 10.2 Å². The fourth-order valence-electron chi connectivity index (χ4n) is 3.36. The van der Waals surface area contributed by atoms with E-state index in [1.807, 2.05) is 0 Å². The maximum absolute atomic E-state index is 14.2. The minimum atomic E-state index is -0.885. The van der Waals surface area contributed by atoms with E-state index in [1.165, 1.54) is 36.4 Å².